The molecule has 0 saturated heterocycles. The lowest BCUT2D eigenvalue weighted by Crippen LogP contribution is -2.21. The quantitative estimate of drug-likeness (QED) is 0.683. The molecule has 0 amide bonds. The fourth-order valence-corrected chi connectivity index (χ4v) is 2.70. The largest absolute Gasteiger partial charge is 0.496 e. The second-order valence-electron chi connectivity index (χ2n) is 3.75. The van der Waals surface area contributed by atoms with E-state index in [1.807, 2.05) is 0 Å². The molecule has 0 aliphatic carbocycles. The van der Waals surface area contributed by atoms with Crippen molar-refractivity contribution >= 4 is 38.8 Å². The Hall–Kier alpha value is -1.87. The molecule has 1 aromatic rings. The van der Waals surface area contributed by atoms with Crippen LogP contribution >= 0.6 is 12.2 Å². The van der Waals surface area contributed by atoms with Crippen molar-refractivity contribution in [3.63, 3.8) is 0 Å². The SMILES string of the molecule is CCS(=O)(=O)c1cc(C(=O)O)c(OC)cc1NC(N)=S. The van der Waals surface area contributed by atoms with Gasteiger partial charge < -0.3 is 20.9 Å². The van der Waals surface area contributed by atoms with Gasteiger partial charge in [-0.05, 0) is 18.3 Å². The van der Waals surface area contributed by atoms with Crippen molar-refractivity contribution in [2.75, 3.05) is 18.2 Å². The van der Waals surface area contributed by atoms with E-state index in [0.717, 1.165) is 6.07 Å². The molecule has 1 rings (SSSR count). The van der Waals surface area contributed by atoms with Crippen LogP contribution in [0.1, 0.15) is 17.3 Å². The second kappa shape index (κ2) is 6.06. The average molecular weight is 318 g/mol. The fraction of sp³-hybridized carbons (Fsp3) is 0.273. The Balaban J connectivity index is 3.64. The summed E-state index contributed by atoms with van der Waals surface area (Å²) in [5.74, 6) is -1.48. The minimum atomic E-state index is -3.65. The van der Waals surface area contributed by atoms with Gasteiger partial charge in [0.1, 0.15) is 11.3 Å². The maximum absolute atomic E-state index is 12.0. The highest BCUT2D eigenvalue weighted by Gasteiger charge is 2.23. The minimum Gasteiger partial charge on any atom is -0.496 e. The average Bonchev–Trinajstić information content (AvgIpc) is 2.36. The molecule has 0 atom stereocenters. The highest BCUT2D eigenvalue weighted by Crippen LogP contribution is 2.31. The third-order valence-corrected chi connectivity index (χ3v) is 4.38. The molecule has 4 N–H and O–H groups in total. The molecule has 0 saturated carbocycles. The molecule has 0 fully saturated rings. The van der Waals surface area contributed by atoms with Crippen molar-refractivity contribution in [3.8, 4) is 5.75 Å². The number of hydrogen-bond donors (Lipinski definition) is 3. The minimum absolute atomic E-state index is 0.00584. The first kappa shape index (κ1) is 16.2. The van der Waals surface area contributed by atoms with Gasteiger partial charge in [0.2, 0.25) is 0 Å². The first-order valence-electron chi connectivity index (χ1n) is 5.47. The first-order valence-corrected chi connectivity index (χ1v) is 7.53. The molecular formula is C11H14N2O5S2. The topological polar surface area (TPSA) is 119 Å². The van der Waals surface area contributed by atoms with Gasteiger partial charge in [-0.1, -0.05) is 6.92 Å². The van der Waals surface area contributed by atoms with Gasteiger partial charge in [-0.2, -0.15) is 0 Å². The number of anilines is 1. The van der Waals surface area contributed by atoms with Gasteiger partial charge >= 0.3 is 5.97 Å². The normalized spacial score (nSPS) is 10.9. The van der Waals surface area contributed by atoms with E-state index in [9.17, 15) is 13.2 Å². The van der Waals surface area contributed by atoms with Crippen molar-refractivity contribution in [1.29, 1.82) is 0 Å². The van der Waals surface area contributed by atoms with Crippen LogP contribution in [0, 0.1) is 0 Å². The molecule has 110 valence electrons. The molecule has 0 aliphatic heterocycles. The summed E-state index contributed by atoms with van der Waals surface area (Å²) in [5, 5.41) is 11.5. The summed E-state index contributed by atoms with van der Waals surface area (Å²) in [5.41, 5.74) is 5.16. The number of sulfone groups is 1. The van der Waals surface area contributed by atoms with Crippen LogP contribution in [0.5, 0.6) is 5.75 Å². The zero-order chi connectivity index (χ0) is 15.5. The standard InChI is InChI=1S/C11H14N2O5S2/c1-3-20(16,17)9-4-6(10(14)15)8(18-2)5-7(9)13-11(12)19/h4-5H,3H2,1-2H3,(H,14,15)(H3,12,13,19). The van der Waals surface area contributed by atoms with Crippen LogP contribution in [-0.2, 0) is 9.84 Å². The summed E-state index contributed by atoms with van der Waals surface area (Å²) >= 11 is 4.67. The third kappa shape index (κ3) is 3.36. The molecule has 20 heavy (non-hydrogen) atoms. The summed E-state index contributed by atoms with van der Waals surface area (Å²) in [7, 11) is -2.37. The number of aromatic carboxylic acids is 1. The Labute approximate surface area is 121 Å². The lowest BCUT2D eigenvalue weighted by atomic mass is 10.2. The van der Waals surface area contributed by atoms with Crippen LogP contribution in [0.4, 0.5) is 5.69 Å². The van der Waals surface area contributed by atoms with E-state index in [1.165, 1.54) is 20.1 Å². The number of carboxylic acid groups (broad SMARTS) is 1. The van der Waals surface area contributed by atoms with E-state index in [1.54, 1.807) is 0 Å². The van der Waals surface area contributed by atoms with Gasteiger partial charge in [0, 0.05) is 6.07 Å². The maximum Gasteiger partial charge on any atom is 0.339 e. The molecule has 7 nitrogen and oxygen atoms in total. The lowest BCUT2D eigenvalue weighted by molar-refractivity contribution is 0.0693. The number of rotatable bonds is 5. The van der Waals surface area contributed by atoms with Gasteiger partial charge in [0.05, 0.1) is 23.4 Å². The van der Waals surface area contributed by atoms with E-state index >= 15 is 0 Å². The van der Waals surface area contributed by atoms with Gasteiger partial charge in [-0.3, -0.25) is 0 Å². The predicted octanol–water partition coefficient (Wildman–Crippen LogP) is 0.843. The van der Waals surface area contributed by atoms with Gasteiger partial charge in [-0.25, -0.2) is 13.2 Å². The number of thiocarbonyl (C=S) groups is 1. The number of ether oxygens (including phenoxy) is 1. The highest BCUT2D eigenvalue weighted by molar-refractivity contribution is 7.91. The molecule has 0 aromatic heterocycles. The second-order valence-corrected chi connectivity index (χ2v) is 6.43. The van der Waals surface area contributed by atoms with E-state index in [-0.39, 0.29) is 32.8 Å². The zero-order valence-electron chi connectivity index (χ0n) is 10.8. The molecule has 0 aliphatic rings. The predicted molar refractivity (Wildman–Crippen MR) is 78.1 cm³/mol. The van der Waals surface area contributed by atoms with E-state index in [4.69, 9.17) is 15.6 Å². The zero-order valence-corrected chi connectivity index (χ0v) is 12.5. The number of carboxylic acids is 1. The number of methoxy groups -OCH3 is 1. The monoisotopic (exact) mass is 318 g/mol. The fourth-order valence-electron chi connectivity index (χ4n) is 1.54. The molecule has 0 spiro atoms. The van der Waals surface area contributed by atoms with Crippen molar-refractivity contribution in [3.05, 3.63) is 17.7 Å². The number of nitrogens with one attached hydrogen (secondary N) is 1. The van der Waals surface area contributed by atoms with Gasteiger partial charge in [0.15, 0.2) is 14.9 Å². The molecule has 0 heterocycles. The maximum atomic E-state index is 12.0. The smallest absolute Gasteiger partial charge is 0.339 e. The number of nitrogens with two attached hydrogens (primary N) is 1. The van der Waals surface area contributed by atoms with Crippen molar-refractivity contribution < 1.29 is 23.1 Å². The lowest BCUT2D eigenvalue weighted by Gasteiger charge is -2.14. The van der Waals surface area contributed by atoms with E-state index < -0.39 is 15.8 Å². The first-order chi connectivity index (χ1) is 9.22. The molecule has 9 heteroatoms. The van der Waals surface area contributed by atoms with Crippen LogP contribution < -0.4 is 15.8 Å². The molecule has 0 unspecified atom stereocenters. The molecule has 0 radical (unpaired) electrons. The summed E-state index contributed by atoms with van der Waals surface area (Å²) in [6, 6.07) is 2.27. The van der Waals surface area contributed by atoms with Gasteiger partial charge in [-0.15, -0.1) is 0 Å². The van der Waals surface area contributed by atoms with Crippen molar-refractivity contribution in [2.24, 2.45) is 5.73 Å². The highest BCUT2D eigenvalue weighted by atomic mass is 32.2. The van der Waals surface area contributed by atoms with Crippen molar-refractivity contribution in [1.82, 2.24) is 0 Å². The Morgan fingerprint density at radius 3 is 2.50 bits per heavy atom. The van der Waals surface area contributed by atoms with Crippen LogP contribution in [0.2, 0.25) is 0 Å². The Morgan fingerprint density at radius 2 is 2.10 bits per heavy atom. The Morgan fingerprint density at radius 1 is 1.50 bits per heavy atom. The van der Waals surface area contributed by atoms with Gasteiger partial charge in [0.25, 0.3) is 0 Å². The molecule has 0 bridgehead atoms. The van der Waals surface area contributed by atoms with Crippen molar-refractivity contribution in [2.45, 2.75) is 11.8 Å². The summed E-state index contributed by atoms with van der Waals surface area (Å²) in [6.07, 6.45) is 0. The van der Waals surface area contributed by atoms with Crippen LogP contribution in [-0.4, -0.2) is 37.5 Å². The summed E-state index contributed by atoms with van der Waals surface area (Å²) < 4.78 is 29.0. The summed E-state index contributed by atoms with van der Waals surface area (Å²) in [6.45, 7) is 1.45. The number of benzene rings is 1. The Bertz CT molecular complexity index is 655. The third-order valence-electron chi connectivity index (χ3n) is 2.51. The molecule has 1 aromatic carbocycles. The van der Waals surface area contributed by atoms with E-state index in [0.29, 0.717) is 0 Å². The van der Waals surface area contributed by atoms with Crippen LogP contribution in [0.15, 0.2) is 17.0 Å². The Kier molecular flexibility index (Phi) is 4.90. The summed E-state index contributed by atoms with van der Waals surface area (Å²) in [4.78, 5) is 10.9. The number of hydrogen-bond acceptors (Lipinski definition) is 5. The van der Waals surface area contributed by atoms with E-state index in [2.05, 4.69) is 17.5 Å². The van der Waals surface area contributed by atoms with Crippen LogP contribution in [0.3, 0.4) is 0 Å². The number of carbonyl (C=O) groups is 1. The molecular weight excluding hydrogens is 304 g/mol. The van der Waals surface area contributed by atoms with Crippen LogP contribution in [0.25, 0.3) is 0 Å².